The van der Waals surface area contributed by atoms with Gasteiger partial charge in [-0.1, -0.05) is 41.7 Å². The van der Waals surface area contributed by atoms with Gasteiger partial charge in [0.2, 0.25) is 0 Å². The van der Waals surface area contributed by atoms with Gasteiger partial charge in [-0.05, 0) is 26.1 Å². The number of amides is 1. The molecule has 0 aliphatic rings. The van der Waals surface area contributed by atoms with Crippen molar-refractivity contribution >= 4 is 40.7 Å². The summed E-state index contributed by atoms with van der Waals surface area (Å²) in [6.07, 6.45) is 0. The van der Waals surface area contributed by atoms with Crippen LogP contribution in [0.2, 0.25) is 15.1 Å². The van der Waals surface area contributed by atoms with Crippen molar-refractivity contribution in [3.63, 3.8) is 0 Å². The summed E-state index contributed by atoms with van der Waals surface area (Å²) in [5, 5.41) is 3.80. The Bertz CT molecular complexity index is 495. The van der Waals surface area contributed by atoms with Crippen molar-refractivity contribution in [1.82, 2.24) is 10.2 Å². The van der Waals surface area contributed by atoms with E-state index in [1.54, 1.807) is 0 Å². The Morgan fingerprint density at radius 3 is 2.48 bits per heavy atom. The molecular weight excluding hydrogens is 335 g/mol. The largest absolute Gasteiger partial charge is 0.482 e. The molecule has 0 spiro atoms. The van der Waals surface area contributed by atoms with Crippen LogP contribution in [0.4, 0.5) is 0 Å². The molecule has 0 heterocycles. The third-order valence-electron chi connectivity index (χ3n) is 2.66. The molecule has 0 aliphatic carbocycles. The van der Waals surface area contributed by atoms with Crippen LogP contribution in [0.25, 0.3) is 0 Å². The second-order valence-electron chi connectivity index (χ2n) is 5.16. The van der Waals surface area contributed by atoms with Crippen LogP contribution in [0.3, 0.4) is 0 Å². The molecule has 1 N–H and O–H groups in total. The standard InChI is InChI=1S/C14H19Cl3N2O2/c1-9(7-19(2)3)6-18-14(20)8-21-13-5-11(16)10(15)4-12(13)17/h4-5,9H,6-8H2,1-3H3,(H,18,20). The Hall–Kier alpha value is -0.680. The number of hydrogen-bond acceptors (Lipinski definition) is 3. The SMILES string of the molecule is CC(CNC(=O)COc1cc(Cl)c(Cl)cc1Cl)CN(C)C. The topological polar surface area (TPSA) is 41.6 Å². The molecule has 1 aromatic carbocycles. The van der Waals surface area contributed by atoms with Crippen LogP contribution >= 0.6 is 34.8 Å². The quantitative estimate of drug-likeness (QED) is 0.764. The lowest BCUT2D eigenvalue weighted by molar-refractivity contribution is -0.123. The Kier molecular flexibility index (Phi) is 7.60. The van der Waals surface area contributed by atoms with E-state index in [2.05, 4.69) is 17.1 Å². The Morgan fingerprint density at radius 1 is 1.24 bits per heavy atom. The van der Waals surface area contributed by atoms with Crippen molar-refractivity contribution in [2.24, 2.45) is 5.92 Å². The highest BCUT2D eigenvalue weighted by molar-refractivity contribution is 6.43. The summed E-state index contributed by atoms with van der Waals surface area (Å²) in [6, 6.07) is 2.98. The molecule has 21 heavy (non-hydrogen) atoms. The molecule has 0 saturated heterocycles. The first-order chi connectivity index (χ1) is 9.79. The van der Waals surface area contributed by atoms with Crippen LogP contribution in [-0.2, 0) is 4.79 Å². The zero-order chi connectivity index (χ0) is 16.0. The number of nitrogens with zero attached hydrogens (tertiary/aromatic N) is 1. The van der Waals surface area contributed by atoms with Crippen molar-refractivity contribution < 1.29 is 9.53 Å². The maximum atomic E-state index is 11.7. The number of hydrogen-bond donors (Lipinski definition) is 1. The lowest BCUT2D eigenvalue weighted by Gasteiger charge is -2.17. The number of nitrogens with one attached hydrogen (secondary N) is 1. The molecule has 0 bridgehead atoms. The first-order valence-corrected chi connectivity index (χ1v) is 7.61. The summed E-state index contributed by atoms with van der Waals surface area (Å²) in [7, 11) is 3.99. The second-order valence-corrected chi connectivity index (χ2v) is 6.38. The predicted molar refractivity (Wildman–Crippen MR) is 87.7 cm³/mol. The van der Waals surface area contributed by atoms with Gasteiger partial charge in [-0.3, -0.25) is 4.79 Å². The normalized spacial score (nSPS) is 12.3. The first-order valence-electron chi connectivity index (χ1n) is 6.48. The number of benzene rings is 1. The molecule has 1 atom stereocenters. The average Bonchev–Trinajstić information content (AvgIpc) is 2.38. The van der Waals surface area contributed by atoms with Gasteiger partial charge >= 0.3 is 0 Å². The molecule has 118 valence electrons. The molecule has 7 heteroatoms. The lowest BCUT2D eigenvalue weighted by atomic mass is 10.2. The Labute approximate surface area is 140 Å². The third-order valence-corrected chi connectivity index (χ3v) is 3.68. The van der Waals surface area contributed by atoms with Crippen molar-refractivity contribution in [2.75, 3.05) is 33.8 Å². The number of ether oxygens (including phenoxy) is 1. The van der Waals surface area contributed by atoms with E-state index in [0.717, 1.165) is 6.54 Å². The first kappa shape index (κ1) is 18.4. The molecule has 1 aromatic rings. The van der Waals surface area contributed by atoms with Crippen LogP contribution in [0.5, 0.6) is 5.75 Å². The van der Waals surface area contributed by atoms with E-state index < -0.39 is 0 Å². The molecule has 0 aromatic heterocycles. The average molecular weight is 354 g/mol. The molecule has 0 radical (unpaired) electrons. The molecular formula is C14H19Cl3N2O2. The summed E-state index contributed by atoms with van der Waals surface area (Å²) < 4.78 is 5.35. The summed E-state index contributed by atoms with van der Waals surface area (Å²) >= 11 is 17.7. The van der Waals surface area contributed by atoms with Crippen molar-refractivity contribution in [2.45, 2.75) is 6.92 Å². The smallest absolute Gasteiger partial charge is 0.257 e. The molecule has 1 unspecified atom stereocenters. The van der Waals surface area contributed by atoms with Gasteiger partial charge in [0.1, 0.15) is 5.75 Å². The fourth-order valence-electron chi connectivity index (χ4n) is 1.79. The van der Waals surface area contributed by atoms with Gasteiger partial charge in [-0.25, -0.2) is 0 Å². The van der Waals surface area contributed by atoms with E-state index in [-0.39, 0.29) is 12.5 Å². The minimum absolute atomic E-state index is 0.119. The van der Waals surface area contributed by atoms with Gasteiger partial charge < -0.3 is 15.0 Å². The summed E-state index contributed by atoms with van der Waals surface area (Å²) in [5.41, 5.74) is 0. The van der Waals surface area contributed by atoms with Crippen LogP contribution in [-0.4, -0.2) is 44.6 Å². The van der Waals surface area contributed by atoms with Crippen molar-refractivity contribution in [3.8, 4) is 5.75 Å². The molecule has 0 fully saturated rings. The number of carbonyl (C=O) groups is 1. The van der Waals surface area contributed by atoms with E-state index in [0.29, 0.717) is 33.3 Å². The molecule has 0 saturated carbocycles. The summed E-state index contributed by atoms with van der Waals surface area (Å²) in [4.78, 5) is 13.8. The lowest BCUT2D eigenvalue weighted by Crippen LogP contribution is -2.35. The van der Waals surface area contributed by atoms with Gasteiger partial charge in [0.05, 0.1) is 15.1 Å². The highest BCUT2D eigenvalue weighted by Crippen LogP contribution is 2.33. The van der Waals surface area contributed by atoms with Gasteiger partial charge in [-0.2, -0.15) is 0 Å². The molecule has 4 nitrogen and oxygen atoms in total. The fourth-order valence-corrected chi connectivity index (χ4v) is 2.38. The zero-order valence-electron chi connectivity index (χ0n) is 12.3. The van der Waals surface area contributed by atoms with Gasteiger partial charge in [0.15, 0.2) is 6.61 Å². The zero-order valence-corrected chi connectivity index (χ0v) is 14.5. The summed E-state index contributed by atoms with van der Waals surface area (Å²) in [5.74, 6) is 0.489. The number of carbonyl (C=O) groups excluding carboxylic acids is 1. The number of rotatable bonds is 7. The number of halogens is 3. The molecule has 0 aliphatic heterocycles. The van der Waals surface area contributed by atoms with Crippen LogP contribution in [0.15, 0.2) is 12.1 Å². The van der Waals surface area contributed by atoms with Crippen LogP contribution in [0, 0.1) is 5.92 Å². The predicted octanol–water partition coefficient (Wildman–Crippen LogP) is 3.34. The molecule has 1 rings (SSSR count). The van der Waals surface area contributed by atoms with Crippen LogP contribution < -0.4 is 10.1 Å². The fraction of sp³-hybridized carbons (Fsp3) is 0.500. The highest BCUT2D eigenvalue weighted by atomic mass is 35.5. The van der Waals surface area contributed by atoms with E-state index in [1.165, 1.54) is 12.1 Å². The monoisotopic (exact) mass is 352 g/mol. The van der Waals surface area contributed by atoms with Crippen molar-refractivity contribution in [1.29, 1.82) is 0 Å². The second kappa shape index (κ2) is 8.69. The summed E-state index contributed by atoms with van der Waals surface area (Å²) in [6.45, 7) is 3.44. The van der Waals surface area contributed by atoms with E-state index in [9.17, 15) is 4.79 Å². The van der Waals surface area contributed by atoms with Gasteiger partial charge in [-0.15, -0.1) is 0 Å². The van der Waals surface area contributed by atoms with E-state index in [1.807, 2.05) is 14.1 Å². The van der Waals surface area contributed by atoms with Crippen LogP contribution in [0.1, 0.15) is 6.92 Å². The van der Waals surface area contributed by atoms with Gasteiger partial charge in [0, 0.05) is 19.2 Å². The third kappa shape index (κ3) is 6.74. The molecule has 1 amide bonds. The maximum Gasteiger partial charge on any atom is 0.257 e. The highest BCUT2D eigenvalue weighted by Gasteiger charge is 2.10. The van der Waals surface area contributed by atoms with Gasteiger partial charge in [0.25, 0.3) is 5.91 Å². The maximum absolute atomic E-state index is 11.7. The minimum atomic E-state index is -0.206. The van der Waals surface area contributed by atoms with Crippen molar-refractivity contribution in [3.05, 3.63) is 27.2 Å². The van der Waals surface area contributed by atoms with E-state index >= 15 is 0 Å². The van der Waals surface area contributed by atoms with E-state index in [4.69, 9.17) is 39.5 Å². The Morgan fingerprint density at radius 2 is 1.86 bits per heavy atom. The minimum Gasteiger partial charge on any atom is -0.482 e. The Balaban J connectivity index is 2.41.